The predicted octanol–water partition coefficient (Wildman–Crippen LogP) is 2.32. The summed E-state index contributed by atoms with van der Waals surface area (Å²) in [5.41, 5.74) is 6.28. The molecule has 0 radical (unpaired) electrons. The van der Waals surface area contributed by atoms with E-state index in [4.69, 9.17) is 19.6 Å². The lowest BCUT2D eigenvalue weighted by Gasteiger charge is -2.22. The Balaban J connectivity index is 0.00000261. The minimum atomic E-state index is -0.591. The molecule has 0 atom stereocenters. The highest BCUT2D eigenvalue weighted by atomic mass is 127. The van der Waals surface area contributed by atoms with Gasteiger partial charge in [0.05, 0.1) is 0 Å². The lowest BCUT2D eigenvalue weighted by molar-refractivity contribution is 0.0972. The van der Waals surface area contributed by atoms with Crippen molar-refractivity contribution in [1.82, 2.24) is 10.2 Å². The highest BCUT2D eigenvalue weighted by Gasteiger charge is 2.15. The highest BCUT2D eigenvalue weighted by molar-refractivity contribution is 14.0. The second-order valence-electron chi connectivity index (χ2n) is 5.84. The minimum Gasteiger partial charge on any atom is -0.454 e. The molecule has 3 rings (SSSR count). The normalized spacial score (nSPS) is 12.4. The summed E-state index contributed by atoms with van der Waals surface area (Å²) in [5.74, 6) is 2.36. The molecule has 2 aromatic rings. The number of nitrogens with one attached hydrogen (secondary N) is 1. The average Bonchev–Trinajstić information content (AvgIpc) is 3.27. The molecule has 3 N–H and O–H groups in total. The first-order valence-corrected chi connectivity index (χ1v) is 8.33. The fraction of sp³-hybridized carbons (Fsp3) is 0.333. The van der Waals surface area contributed by atoms with Crippen molar-refractivity contribution in [2.75, 3.05) is 20.4 Å². The molecule has 1 amide bonds. The molecule has 0 saturated heterocycles. The van der Waals surface area contributed by atoms with Gasteiger partial charge in [-0.2, -0.15) is 0 Å². The third kappa shape index (κ3) is 5.28. The van der Waals surface area contributed by atoms with Crippen molar-refractivity contribution < 1.29 is 18.7 Å². The number of aliphatic imine (C=N–C) groups is 1. The van der Waals surface area contributed by atoms with Gasteiger partial charge in [0.25, 0.3) is 5.91 Å². The van der Waals surface area contributed by atoms with Crippen LogP contribution in [0.3, 0.4) is 0 Å². The highest BCUT2D eigenvalue weighted by Crippen LogP contribution is 2.32. The first-order valence-electron chi connectivity index (χ1n) is 8.33. The molecule has 1 aromatic carbocycles. The van der Waals surface area contributed by atoms with E-state index in [0.717, 1.165) is 29.6 Å². The van der Waals surface area contributed by atoms with Crippen LogP contribution < -0.4 is 20.5 Å². The molecule has 0 spiro atoms. The van der Waals surface area contributed by atoms with E-state index in [0.29, 0.717) is 18.8 Å². The van der Waals surface area contributed by atoms with Crippen molar-refractivity contribution >= 4 is 35.8 Å². The minimum absolute atomic E-state index is 0. The van der Waals surface area contributed by atoms with E-state index in [9.17, 15) is 4.79 Å². The largest absolute Gasteiger partial charge is 0.454 e. The molecule has 0 fully saturated rings. The number of ether oxygens (including phenoxy) is 2. The van der Waals surface area contributed by atoms with Crippen molar-refractivity contribution in [1.29, 1.82) is 0 Å². The topological polar surface area (TPSA) is 102 Å². The number of nitrogens with two attached hydrogens (primary N) is 1. The van der Waals surface area contributed by atoms with Gasteiger partial charge < -0.3 is 29.8 Å². The molecule has 9 heteroatoms. The maximum Gasteiger partial charge on any atom is 0.284 e. The number of carbonyl (C=O) groups excluding carboxylic acids is 1. The number of halogens is 1. The fourth-order valence-corrected chi connectivity index (χ4v) is 2.61. The second kappa shape index (κ2) is 9.49. The van der Waals surface area contributed by atoms with Crippen LogP contribution in [0.15, 0.2) is 39.7 Å². The van der Waals surface area contributed by atoms with E-state index in [1.165, 1.54) is 0 Å². The number of carbonyl (C=O) groups is 1. The van der Waals surface area contributed by atoms with Crippen molar-refractivity contribution in [3.63, 3.8) is 0 Å². The lowest BCUT2D eigenvalue weighted by Crippen LogP contribution is -2.38. The van der Waals surface area contributed by atoms with Crippen LogP contribution in [0.25, 0.3) is 0 Å². The molecule has 2 heterocycles. The second-order valence-corrected chi connectivity index (χ2v) is 5.84. The Bertz CT molecular complexity index is 821. The Morgan fingerprint density at radius 2 is 2.04 bits per heavy atom. The third-order valence-corrected chi connectivity index (χ3v) is 3.84. The number of benzene rings is 1. The standard InChI is InChI=1S/C18H22N4O4.HI/c1-3-20-18(21-9-13-5-7-15(26-13)17(19)23)22(2)10-12-4-6-14-16(8-12)25-11-24-14;/h4-8H,3,9-11H2,1-2H3,(H2,19,23)(H,20,21);1H. The molecule has 0 aliphatic carbocycles. The quantitative estimate of drug-likeness (QED) is 0.369. The number of hydrogen-bond acceptors (Lipinski definition) is 5. The van der Waals surface area contributed by atoms with Gasteiger partial charge in [-0.25, -0.2) is 4.99 Å². The Labute approximate surface area is 174 Å². The van der Waals surface area contributed by atoms with Gasteiger partial charge in [0.1, 0.15) is 12.3 Å². The summed E-state index contributed by atoms with van der Waals surface area (Å²) in [7, 11) is 1.95. The Morgan fingerprint density at radius 1 is 1.26 bits per heavy atom. The molecule has 0 bridgehead atoms. The summed E-state index contributed by atoms with van der Waals surface area (Å²) < 4.78 is 16.1. The van der Waals surface area contributed by atoms with Crippen molar-refractivity contribution in [2.24, 2.45) is 10.7 Å². The van der Waals surface area contributed by atoms with Crippen molar-refractivity contribution in [2.45, 2.75) is 20.0 Å². The van der Waals surface area contributed by atoms with E-state index >= 15 is 0 Å². The van der Waals surface area contributed by atoms with Crippen molar-refractivity contribution in [3.8, 4) is 11.5 Å². The number of furan rings is 1. The zero-order valence-corrected chi connectivity index (χ0v) is 17.6. The smallest absolute Gasteiger partial charge is 0.284 e. The Morgan fingerprint density at radius 3 is 2.74 bits per heavy atom. The van der Waals surface area contributed by atoms with Gasteiger partial charge in [-0.05, 0) is 36.8 Å². The van der Waals surface area contributed by atoms with Gasteiger partial charge in [-0.15, -0.1) is 24.0 Å². The molecule has 0 saturated carbocycles. The zero-order chi connectivity index (χ0) is 18.5. The summed E-state index contributed by atoms with van der Waals surface area (Å²) in [6.45, 7) is 3.94. The molecule has 1 aromatic heterocycles. The molecular formula is C18H23IN4O4. The maximum atomic E-state index is 11.1. The monoisotopic (exact) mass is 486 g/mol. The Hall–Kier alpha value is -2.43. The summed E-state index contributed by atoms with van der Waals surface area (Å²) in [5, 5.41) is 3.24. The van der Waals surface area contributed by atoms with Crippen LogP contribution in [0, 0.1) is 0 Å². The number of hydrogen-bond donors (Lipinski definition) is 2. The van der Waals surface area contributed by atoms with E-state index in [2.05, 4.69) is 10.3 Å². The predicted molar refractivity (Wildman–Crippen MR) is 111 cm³/mol. The number of amides is 1. The van der Waals surface area contributed by atoms with Crippen molar-refractivity contribution in [3.05, 3.63) is 47.4 Å². The van der Waals surface area contributed by atoms with Crippen LogP contribution in [0.5, 0.6) is 11.5 Å². The summed E-state index contributed by atoms with van der Waals surface area (Å²) in [6, 6.07) is 9.12. The zero-order valence-electron chi connectivity index (χ0n) is 15.2. The van der Waals surface area contributed by atoms with E-state index in [1.807, 2.05) is 37.1 Å². The molecule has 27 heavy (non-hydrogen) atoms. The van der Waals surface area contributed by atoms with Gasteiger partial charge >= 0.3 is 0 Å². The van der Waals surface area contributed by atoms with Crippen LogP contribution >= 0.6 is 24.0 Å². The molecular weight excluding hydrogens is 463 g/mol. The number of primary amides is 1. The summed E-state index contributed by atoms with van der Waals surface area (Å²) in [4.78, 5) is 17.7. The molecule has 0 unspecified atom stereocenters. The molecule has 1 aliphatic heterocycles. The first-order chi connectivity index (χ1) is 12.6. The average molecular weight is 486 g/mol. The van der Waals surface area contributed by atoms with Gasteiger partial charge in [0.2, 0.25) is 6.79 Å². The molecule has 146 valence electrons. The van der Waals surface area contributed by atoms with Gasteiger partial charge in [-0.1, -0.05) is 6.07 Å². The number of guanidine groups is 1. The van der Waals surface area contributed by atoms with Gasteiger partial charge in [-0.3, -0.25) is 4.79 Å². The van der Waals surface area contributed by atoms with Gasteiger partial charge in [0, 0.05) is 20.1 Å². The van der Waals surface area contributed by atoms with Crippen LogP contribution in [-0.2, 0) is 13.1 Å². The number of fused-ring (bicyclic) bond motifs is 1. The number of nitrogens with zero attached hydrogens (tertiary/aromatic N) is 2. The lowest BCUT2D eigenvalue weighted by atomic mass is 10.2. The van der Waals surface area contributed by atoms with Gasteiger partial charge in [0.15, 0.2) is 23.2 Å². The van der Waals surface area contributed by atoms with Crippen LogP contribution in [-0.4, -0.2) is 37.2 Å². The van der Waals surface area contributed by atoms with E-state index < -0.39 is 5.91 Å². The van der Waals surface area contributed by atoms with Crippen LogP contribution in [0.4, 0.5) is 0 Å². The molecule has 8 nitrogen and oxygen atoms in total. The van der Waals surface area contributed by atoms with Crippen LogP contribution in [0.2, 0.25) is 0 Å². The third-order valence-electron chi connectivity index (χ3n) is 3.84. The Kier molecular flexibility index (Phi) is 7.34. The summed E-state index contributed by atoms with van der Waals surface area (Å²) in [6.07, 6.45) is 0. The fourth-order valence-electron chi connectivity index (χ4n) is 2.61. The SMILES string of the molecule is CCNC(=NCc1ccc(C(N)=O)o1)N(C)Cc1ccc2c(c1)OCO2.I. The first kappa shape index (κ1) is 20.9. The van der Waals surface area contributed by atoms with E-state index in [-0.39, 0.29) is 36.5 Å². The number of rotatable bonds is 6. The van der Waals surface area contributed by atoms with Crippen LogP contribution in [0.1, 0.15) is 28.8 Å². The maximum absolute atomic E-state index is 11.1. The van der Waals surface area contributed by atoms with E-state index in [1.54, 1.807) is 12.1 Å². The summed E-state index contributed by atoms with van der Waals surface area (Å²) >= 11 is 0. The molecule has 1 aliphatic rings.